The van der Waals surface area contributed by atoms with Crippen molar-refractivity contribution in [3.63, 3.8) is 0 Å². The van der Waals surface area contributed by atoms with Gasteiger partial charge in [0.2, 0.25) is 5.91 Å². The number of carbonyl (C=O) groups is 3. The van der Waals surface area contributed by atoms with Gasteiger partial charge in [0.15, 0.2) is 5.69 Å². The molecule has 1 aromatic heterocycles. The maximum Gasteiger partial charge on any atom is 0.277 e. The molecule has 0 radical (unpaired) electrons. The van der Waals surface area contributed by atoms with Crippen LogP contribution in [0, 0.1) is 0 Å². The van der Waals surface area contributed by atoms with Crippen molar-refractivity contribution in [1.29, 1.82) is 0 Å². The van der Waals surface area contributed by atoms with E-state index in [-0.39, 0.29) is 9.80 Å². The summed E-state index contributed by atoms with van der Waals surface area (Å²) >= 11 is 0. The van der Waals surface area contributed by atoms with Gasteiger partial charge in [0.05, 0.1) is 26.5 Å². The fourth-order valence-electron chi connectivity index (χ4n) is 3.30. The van der Waals surface area contributed by atoms with Crippen molar-refractivity contribution in [3.8, 4) is 11.4 Å². The lowest BCUT2D eigenvalue weighted by molar-refractivity contribution is -0.119. The molecule has 174 valence electrons. The van der Waals surface area contributed by atoms with Crippen molar-refractivity contribution in [1.82, 2.24) is 9.78 Å². The number of ether oxygens (including phenoxy) is 1. The number of hydrogen-bond acceptors (Lipinski definition) is 5. The molecule has 34 heavy (non-hydrogen) atoms. The largest absolute Gasteiger partial charge is 0.497 e. The molecule has 2 aliphatic heterocycles. The third kappa shape index (κ3) is 3.68. The summed E-state index contributed by atoms with van der Waals surface area (Å²) in [6.45, 7) is -4.21. The quantitative estimate of drug-likeness (QED) is 0.610. The summed E-state index contributed by atoms with van der Waals surface area (Å²) in [5.41, 5.74) is 0.888. The first-order chi connectivity index (χ1) is 22.8. The number of primary amides is 1. The maximum absolute atomic E-state index is 14.3. The van der Waals surface area contributed by atoms with Crippen LogP contribution >= 0.6 is 0 Å². The van der Waals surface area contributed by atoms with E-state index in [1.165, 1.54) is 0 Å². The smallest absolute Gasteiger partial charge is 0.277 e. The number of aromatic nitrogens is 2. The Morgan fingerprint density at radius 2 is 1.68 bits per heavy atom. The third-order valence-corrected chi connectivity index (χ3v) is 4.87. The van der Waals surface area contributed by atoms with E-state index in [4.69, 9.17) is 32.4 Å². The minimum absolute atomic E-state index is 0.179. The lowest BCUT2D eigenvalue weighted by Gasteiger charge is -2.29. The zero-order valence-electron chi connectivity index (χ0n) is 33.4. The van der Waals surface area contributed by atoms with Gasteiger partial charge in [0, 0.05) is 44.6 Å². The molecule has 3 aromatic rings. The molecule has 0 spiro atoms. The second-order valence-electron chi connectivity index (χ2n) is 6.82. The molecular formula is C25H25N5O4. The molecule has 0 unspecified atom stereocenters. The Labute approximate surface area is 219 Å². The van der Waals surface area contributed by atoms with Gasteiger partial charge < -0.3 is 20.3 Å². The predicted molar refractivity (Wildman–Crippen MR) is 127 cm³/mol. The second-order valence-corrected chi connectivity index (χ2v) is 6.82. The molecule has 3 heterocycles. The van der Waals surface area contributed by atoms with E-state index in [1.54, 1.807) is 0 Å². The second kappa shape index (κ2) is 8.66. The highest BCUT2D eigenvalue weighted by molar-refractivity contribution is 6.09. The van der Waals surface area contributed by atoms with Gasteiger partial charge in [-0.2, -0.15) is 5.10 Å². The molecule has 2 aromatic carbocycles. The fourth-order valence-corrected chi connectivity index (χ4v) is 3.30. The summed E-state index contributed by atoms with van der Waals surface area (Å²) in [4.78, 5) is 40.3. The summed E-state index contributed by atoms with van der Waals surface area (Å²) < 4.78 is 139. The van der Waals surface area contributed by atoms with Crippen molar-refractivity contribution in [2.24, 2.45) is 5.73 Å². The van der Waals surface area contributed by atoms with Crippen LogP contribution in [0.2, 0.25) is 0 Å². The average molecular weight is 476 g/mol. The Balaban J connectivity index is 1.77. The number of methoxy groups -OCH3 is 1. The van der Waals surface area contributed by atoms with Crippen LogP contribution < -0.4 is 20.3 Å². The first-order valence-electron chi connectivity index (χ1n) is 17.6. The Morgan fingerprint density at radius 3 is 2.32 bits per heavy atom. The topological polar surface area (TPSA) is 111 Å². The molecule has 0 atom stereocenters. The van der Waals surface area contributed by atoms with Crippen LogP contribution in [0.1, 0.15) is 67.6 Å². The summed E-state index contributed by atoms with van der Waals surface area (Å²) in [6, 6.07) is -7.68. The third-order valence-electron chi connectivity index (χ3n) is 4.87. The molecule has 0 saturated carbocycles. The molecular weight excluding hydrogens is 434 g/mol. The monoisotopic (exact) mass is 475 g/mol. The van der Waals surface area contributed by atoms with E-state index < -0.39 is 144 Å². The summed E-state index contributed by atoms with van der Waals surface area (Å²) in [7, 11) is 1.09. The van der Waals surface area contributed by atoms with E-state index in [0.717, 1.165) is 7.11 Å². The fraction of sp³-hybridized carbons (Fsp3) is 0.280. The number of benzene rings is 2. The summed E-state index contributed by atoms with van der Waals surface area (Å²) in [6.07, 6.45) is -11.0. The minimum atomic E-state index is -3.54. The predicted octanol–water partition coefficient (Wildman–Crippen LogP) is 2.70. The minimum Gasteiger partial charge on any atom is -0.497 e. The van der Waals surface area contributed by atoms with Crippen molar-refractivity contribution >= 4 is 29.1 Å². The van der Waals surface area contributed by atoms with Crippen LogP contribution in [0.4, 0.5) is 11.4 Å². The van der Waals surface area contributed by atoms with Crippen molar-refractivity contribution < 1.29 is 41.1 Å². The first kappa shape index (κ1) is 10.0. The summed E-state index contributed by atoms with van der Waals surface area (Å²) in [5.74, 6) is -4.96. The number of amides is 3. The van der Waals surface area contributed by atoms with E-state index in [1.807, 2.05) is 0 Å². The molecule has 0 aliphatic carbocycles. The van der Waals surface area contributed by atoms with Crippen LogP contribution in [-0.2, 0) is 11.2 Å². The first-order valence-corrected chi connectivity index (χ1v) is 9.63. The van der Waals surface area contributed by atoms with Crippen molar-refractivity contribution in [3.05, 3.63) is 65.3 Å². The van der Waals surface area contributed by atoms with Crippen LogP contribution in [0.5, 0.6) is 5.75 Å². The zero-order chi connectivity index (χ0) is 38.0. The van der Waals surface area contributed by atoms with Gasteiger partial charge in [-0.05, 0) is 67.5 Å². The molecule has 5 rings (SSSR count). The normalized spacial score (nSPS) is 28.6. The number of piperidine rings is 1. The van der Waals surface area contributed by atoms with Crippen LogP contribution in [0.3, 0.4) is 0 Å². The van der Waals surface area contributed by atoms with E-state index in [0.29, 0.717) is 4.68 Å². The molecule has 9 nitrogen and oxygen atoms in total. The number of anilines is 2. The highest BCUT2D eigenvalue weighted by Gasteiger charge is 2.34. The van der Waals surface area contributed by atoms with Gasteiger partial charge in [0.25, 0.3) is 11.8 Å². The lowest BCUT2D eigenvalue weighted by Crippen LogP contribution is -2.39. The number of hydrogen-bond donors (Lipinski definition) is 1. The molecule has 2 N–H and O–H groups in total. The van der Waals surface area contributed by atoms with Gasteiger partial charge in [-0.3, -0.25) is 14.4 Å². The molecule has 0 bridgehead atoms. The number of nitrogens with two attached hydrogens (primary N) is 1. The molecule has 1 saturated heterocycles. The van der Waals surface area contributed by atoms with Gasteiger partial charge in [-0.1, -0.05) is 0 Å². The maximum atomic E-state index is 14.3. The Morgan fingerprint density at radius 1 is 1.03 bits per heavy atom. The van der Waals surface area contributed by atoms with Gasteiger partial charge in [-0.25, -0.2) is 4.68 Å². The van der Waals surface area contributed by atoms with E-state index in [2.05, 4.69) is 5.10 Å². The van der Waals surface area contributed by atoms with Gasteiger partial charge in [0.1, 0.15) is 11.4 Å². The van der Waals surface area contributed by atoms with E-state index >= 15 is 0 Å². The standard InChI is InChI=1S/C25H25N5O4/c1-34-19-11-9-18(10-12-19)30-23-20(22(27-30)24(26)32)13-15-29(25(23)33)17-7-5-16(6-8-17)28-14-3-2-4-21(28)31/h5-12H,2-4,13-15H2,1H3,(H2,26,32)/i2D2,3D2,4D2,5D,6D,7D,8D,9D,10D,11D,12D,15D2. The van der Waals surface area contributed by atoms with Gasteiger partial charge in [-0.15, -0.1) is 0 Å². The Kier molecular flexibility index (Phi) is 2.55. The van der Waals surface area contributed by atoms with Gasteiger partial charge >= 0.3 is 0 Å². The summed E-state index contributed by atoms with van der Waals surface area (Å²) in [5, 5.41) is 3.93. The molecule has 1 fully saturated rings. The lowest BCUT2D eigenvalue weighted by atomic mass is 10.0. The number of fused-ring (bicyclic) bond motifs is 1. The number of nitrogens with zero attached hydrogens (tertiary/aromatic N) is 4. The van der Waals surface area contributed by atoms with Crippen LogP contribution in [-0.4, -0.2) is 47.7 Å². The highest BCUT2D eigenvalue weighted by Crippen LogP contribution is 2.31. The molecule has 9 heteroatoms. The SMILES string of the molecule is [2H]c1c([2H])c(-n2nc(C(N)=O)c3c2C(=O)N(c2c([2H])c([2H])c(N4CC([2H])([2H])C([2H])([2H])C([2H])([2H])C4=O)c([2H])c2[2H])C([2H])([2H])C3)c([2H])c([2H])c1OC. The Hall–Kier alpha value is -4.14. The zero-order valence-corrected chi connectivity index (χ0v) is 17.4. The Bertz CT molecular complexity index is 1990. The van der Waals surface area contributed by atoms with Crippen molar-refractivity contribution in [2.75, 3.05) is 30.0 Å². The number of rotatable bonds is 5. The average Bonchev–Trinajstić information content (AvgIpc) is 3.37. The molecule has 3 amide bonds. The van der Waals surface area contributed by atoms with E-state index in [9.17, 15) is 14.4 Å². The highest BCUT2D eigenvalue weighted by atomic mass is 16.5. The number of carbonyl (C=O) groups excluding carboxylic acids is 3. The van der Waals surface area contributed by atoms with Crippen LogP contribution in [0.25, 0.3) is 5.69 Å². The van der Waals surface area contributed by atoms with Crippen molar-refractivity contribution in [2.45, 2.75) is 25.5 Å². The van der Waals surface area contributed by atoms with Crippen LogP contribution in [0.15, 0.2) is 48.3 Å². The molecule has 2 aliphatic rings.